The number of anilines is 1. The van der Waals surface area contributed by atoms with Crippen LogP contribution in [-0.4, -0.2) is 34.4 Å². The Morgan fingerprint density at radius 3 is 2.44 bits per heavy atom. The molecule has 1 fully saturated rings. The van der Waals surface area contributed by atoms with E-state index in [0.717, 1.165) is 67.3 Å². The van der Waals surface area contributed by atoms with Crippen LogP contribution in [0.1, 0.15) is 71.7 Å². The van der Waals surface area contributed by atoms with Gasteiger partial charge in [-0.2, -0.15) is 0 Å². The quantitative estimate of drug-likeness (QED) is 0.161. The van der Waals surface area contributed by atoms with Gasteiger partial charge >= 0.3 is 6.16 Å². The second kappa shape index (κ2) is 12.4. The molecule has 1 aliphatic heterocycles. The molecule has 0 saturated carbocycles. The molecule has 0 radical (unpaired) electrons. The molecule has 6 heteroatoms. The van der Waals surface area contributed by atoms with E-state index in [-0.39, 0.29) is 0 Å². The number of unbranched alkanes of at least 4 members (excludes halogenated alkanes) is 1. The smallest absolute Gasteiger partial charge is 0.428 e. The summed E-state index contributed by atoms with van der Waals surface area (Å²) in [6, 6.07) is 22.8. The van der Waals surface area contributed by atoms with E-state index >= 15 is 0 Å². The van der Waals surface area contributed by atoms with Gasteiger partial charge in [-0.25, -0.2) is 9.78 Å². The zero-order chi connectivity index (χ0) is 29.0. The molecule has 1 saturated heterocycles. The van der Waals surface area contributed by atoms with Crippen molar-refractivity contribution in [3.05, 3.63) is 78.1 Å². The van der Waals surface area contributed by atoms with E-state index in [1.807, 2.05) is 39.0 Å². The summed E-state index contributed by atoms with van der Waals surface area (Å²) in [7, 11) is 0. The number of carbonyl (C=O) groups is 1. The number of imidazole rings is 1. The Hall–Kier alpha value is -3.80. The van der Waals surface area contributed by atoms with Gasteiger partial charge in [-0.3, -0.25) is 0 Å². The minimum Gasteiger partial charge on any atom is -0.428 e. The molecule has 0 unspecified atom stereocenters. The molecular weight excluding hydrogens is 510 g/mol. The van der Waals surface area contributed by atoms with E-state index in [9.17, 15) is 4.79 Å². The van der Waals surface area contributed by atoms with Crippen molar-refractivity contribution in [3.8, 4) is 16.9 Å². The molecule has 1 aromatic heterocycles. The third-order valence-corrected chi connectivity index (χ3v) is 7.79. The third kappa shape index (κ3) is 7.10. The Balaban J connectivity index is 1.40. The van der Waals surface area contributed by atoms with Crippen molar-refractivity contribution < 1.29 is 14.3 Å². The maximum Gasteiger partial charge on any atom is 0.514 e. The highest BCUT2D eigenvalue weighted by Crippen LogP contribution is 2.32. The van der Waals surface area contributed by atoms with Crippen LogP contribution in [0.5, 0.6) is 5.75 Å². The standard InChI is InChI=1S/C35H43N3O3/c1-6-7-12-33-36-30-18-17-28(37-21-19-25(2)20-22-37)23-31(30)38(33)24-26-13-15-27(16-14-26)29-10-8-9-11-32(29)40-34(39)41-35(3,4)5/h8-11,13-18,23,25H,6-7,12,19-22,24H2,1-5H3. The molecule has 0 atom stereocenters. The van der Waals surface area contributed by atoms with Crippen LogP contribution in [0.25, 0.3) is 22.2 Å². The number of aromatic nitrogens is 2. The topological polar surface area (TPSA) is 56.6 Å². The van der Waals surface area contributed by atoms with E-state index in [4.69, 9.17) is 14.5 Å². The van der Waals surface area contributed by atoms with Crippen molar-refractivity contribution >= 4 is 22.9 Å². The first-order valence-electron chi connectivity index (χ1n) is 15.0. The number of piperidine rings is 1. The normalized spacial score (nSPS) is 14.4. The third-order valence-electron chi connectivity index (χ3n) is 7.79. The predicted octanol–water partition coefficient (Wildman–Crippen LogP) is 8.64. The van der Waals surface area contributed by atoms with Crippen LogP contribution in [0.3, 0.4) is 0 Å². The van der Waals surface area contributed by atoms with Crippen LogP contribution in [0.2, 0.25) is 0 Å². The Morgan fingerprint density at radius 2 is 1.73 bits per heavy atom. The van der Waals surface area contributed by atoms with Gasteiger partial charge < -0.3 is 18.9 Å². The summed E-state index contributed by atoms with van der Waals surface area (Å²) in [5.74, 6) is 2.43. The largest absolute Gasteiger partial charge is 0.514 e. The number of rotatable bonds is 8. The van der Waals surface area contributed by atoms with Gasteiger partial charge in [0.15, 0.2) is 0 Å². The van der Waals surface area contributed by atoms with Crippen molar-refractivity contribution in [1.82, 2.24) is 9.55 Å². The molecule has 0 aliphatic carbocycles. The van der Waals surface area contributed by atoms with Crippen LogP contribution in [0, 0.1) is 5.92 Å². The van der Waals surface area contributed by atoms with Crippen LogP contribution < -0.4 is 9.64 Å². The second-order valence-corrected chi connectivity index (χ2v) is 12.3. The molecule has 0 bridgehead atoms. The number of fused-ring (bicyclic) bond motifs is 1. The van der Waals surface area contributed by atoms with Crippen molar-refractivity contribution in [3.63, 3.8) is 0 Å². The Morgan fingerprint density at radius 1 is 1.00 bits per heavy atom. The number of hydrogen-bond donors (Lipinski definition) is 0. The fourth-order valence-electron chi connectivity index (χ4n) is 5.45. The van der Waals surface area contributed by atoms with Crippen molar-refractivity contribution in [2.75, 3.05) is 18.0 Å². The number of para-hydroxylation sites is 1. The fourth-order valence-corrected chi connectivity index (χ4v) is 5.45. The number of aryl methyl sites for hydroxylation is 1. The lowest BCUT2D eigenvalue weighted by Crippen LogP contribution is -2.32. The van der Waals surface area contributed by atoms with Gasteiger partial charge in [0.2, 0.25) is 0 Å². The fraction of sp³-hybridized carbons (Fsp3) is 0.429. The lowest BCUT2D eigenvalue weighted by atomic mass is 9.99. The summed E-state index contributed by atoms with van der Waals surface area (Å²) in [5.41, 5.74) is 5.98. The van der Waals surface area contributed by atoms with Crippen LogP contribution in [0.15, 0.2) is 66.7 Å². The molecule has 0 spiro atoms. The predicted molar refractivity (Wildman–Crippen MR) is 167 cm³/mol. The van der Waals surface area contributed by atoms with Crippen molar-refractivity contribution in [2.45, 2.75) is 78.9 Å². The molecular formula is C35H43N3O3. The van der Waals surface area contributed by atoms with Crippen LogP contribution in [0.4, 0.5) is 10.5 Å². The first kappa shape index (κ1) is 28.7. The number of benzene rings is 3. The van der Waals surface area contributed by atoms with Crippen molar-refractivity contribution in [2.24, 2.45) is 5.92 Å². The van der Waals surface area contributed by atoms with E-state index in [0.29, 0.717) is 5.75 Å². The highest BCUT2D eigenvalue weighted by atomic mass is 16.7. The first-order valence-corrected chi connectivity index (χ1v) is 15.0. The maximum atomic E-state index is 12.3. The molecule has 41 heavy (non-hydrogen) atoms. The summed E-state index contributed by atoms with van der Waals surface area (Å²) < 4.78 is 13.3. The first-order chi connectivity index (χ1) is 19.7. The van der Waals surface area contributed by atoms with Crippen LogP contribution in [-0.2, 0) is 17.7 Å². The lowest BCUT2D eigenvalue weighted by Gasteiger charge is -2.32. The average Bonchev–Trinajstić information content (AvgIpc) is 3.28. The molecule has 2 heterocycles. The Kier molecular flexibility index (Phi) is 8.67. The molecule has 5 rings (SSSR count). The SMILES string of the molecule is CCCCc1nc2ccc(N3CCC(C)CC3)cc2n1Cc1ccc(-c2ccccc2OC(=O)OC(C)(C)C)cc1. The van der Waals surface area contributed by atoms with Gasteiger partial charge in [0.1, 0.15) is 17.2 Å². The molecule has 3 aromatic carbocycles. The lowest BCUT2D eigenvalue weighted by molar-refractivity contribution is 0.0207. The van der Waals surface area contributed by atoms with Crippen molar-refractivity contribution in [1.29, 1.82) is 0 Å². The van der Waals surface area contributed by atoms with E-state index in [1.54, 1.807) is 6.07 Å². The summed E-state index contributed by atoms with van der Waals surface area (Å²) in [6.07, 6.45) is 5.02. The van der Waals surface area contributed by atoms with Gasteiger partial charge in [0.25, 0.3) is 0 Å². The molecule has 0 N–H and O–H groups in total. The Labute approximate surface area is 244 Å². The number of nitrogens with zero attached hydrogens (tertiary/aromatic N) is 3. The highest BCUT2D eigenvalue weighted by molar-refractivity contribution is 5.81. The second-order valence-electron chi connectivity index (χ2n) is 12.3. The van der Waals surface area contributed by atoms with Gasteiger partial charge in [-0.15, -0.1) is 0 Å². The zero-order valence-electron chi connectivity index (χ0n) is 25.2. The van der Waals surface area contributed by atoms with Crippen LogP contribution >= 0.6 is 0 Å². The molecule has 4 aromatic rings. The van der Waals surface area contributed by atoms with E-state index < -0.39 is 11.8 Å². The molecule has 0 amide bonds. The Bertz CT molecular complexity index is 1480. The molecule has 1 aliphatic rings. The summed E-state index contributed by atoms with van der Waals surface area (Å²) in [6.45, 7) is 13.0. The number of ether oxygens (including phenoxy) is 2. The molecule has 6 nitrogen and oxygen atoms in total. The minimum absolute atomic E-state index is 0.483. The van der Waals surface area contributed by atoms with E-state index in [1.165, 1.54) is 29.6 Å². The summed E-state index contributed by atoms with van der Waals surface area (Å²) in [5, 5.41) is 0. The molecule has 216 valence electrons. The van der Waals surface area contributed by atoms with Gasteiger partial charge in [-0.05, 0) is 81.3 Å². The maximum absolute atomic E-state index is 12.3. The zero-order valence-corrected chi connectivity index (χ0v) is 25.2. The van der Waals surface area contributed by atoms with Gasteiger partial charge in [0.05, 0.1) is 11.0 Å². The van der Waals surface area contributed by atoms with Gasteiger partial charge in [-0.1, -0.05) is 62.7 Å². The average molecular weight is 554 g/mol. The van der Waals surface area contributed by atoms with E-state index in [2.05, 4.69) is 65.8 Å². The minimum atomic E-state index is -0.702. The summed E-state index contributed by atoms with van der Waals surface area (Å²) in [4.78, 5) is 19.9. The summed E-state index contributed by atoms with van der Waals surface area (Å²) >= 11 is 0. The highest BCUT2D eigenvalue weighted by Gasteiger charge is 2.20. The number of carbonyl (C=O) groups excluding carboxylic acids is 1. The van der Waals surface area contributed by atoms with Gasteiger partial charge in [0, 0.05) is 37.3 Å². The monoisotopic (exact) mass is 553 g/mol. The number of hydrogen-bond acceptors (Lipinski definition) is 5.